The van der Waals surface area contributed by atoms with Crippen LogP contribution in [0.3, 0.4) is 0 Å². The topological polar surface area (TPSA) is 616 Å². The third-order valence-electron chi connectivity index (χ3n) is 12.5. The zero-order valence-electron chi connectivity index (χ0n) is 59.8. The number of hydrogen-bond acceptors (Lipinski definition) is 31. The summed E-state index contributed by atoms with van der Waals surface area (Å²) in [5.41, 5.74) is 0. The molecule has 0 rings (SSSR count). The lowest BCUT2D eigenvalue weighted by Gasteiger charge is -2.06. The summed E-state index contributed by atoms with van der Waals surface area (Å²) >= 11 is 0. The predicted octanol–water partition coefficient (Wildman–Crippen LogP) is -3.16. The van der Waals surface area contributed by atoms with Gasteiger partial charge >= 0.3 is 0 Å². The normalized spacial score (nSPS) is 10.6. The molecule has 0 aromatic heterocycles. The van der Waals surface area contributed by atoms with Gasteiger partial charge in [0.25, 0.3) is 0 Å². The zero-order chi connectivity index (χ0) is 76.7. The Morgan fingerprint density at radius 2 is 0.227 bits per heavy atom. The van der Waals surface area contributed by atoms with Gasteiger partial charge in [-0.05, 0) is 12.8 Å². The first-order valence-electron chi connectivity index (χ1n) is 35.1. The summed E-state index contributed by atoms with van der Waals surface area (Å²) in [7, 11) is 0. The van der Waals surface area contributed by atoms with Crippen molar-refractivity contribution >= 4 is 0 Å². The third-order valence-corrected chi connectivity index (χ3v) is 12.5. The Bertz CT molecular complexity index is 937. The molecule has 0 aliphatic heterocycles. The smallest absolute Gasteiger partial charge is 0.100 e. The largest absolute Gasteiger partial charge is 0.394 e. The van der Waals surface area contributed by atoms with E-state index in [2.05, 4.69) is 13.8 Å². The van der Waals surface area contributed by atoms with E-state index in [9.17, 15) is 0 Å². The number of hydrogen-bond donors (Lipinski definition) is 30. The van der Waals surface area contributed by atoms with Crippen LogP contribution in [-0.4, -0.2) is 360 Å². The fraction of sp³-hybridized carbons (Fsp3) is 1.00. The molecule has 0 saturated heterocycles. The fourth-order valence-electron chi connectivity index (χ4n) is 6.18. The molecule has 0 aliphatic rings. The maximum Gasteiger partial charge on any atom is 0.100 e. The van der Waals surface area contributed by atoms with Crippen LogP contribution < -0.4 is 0 Å². The predicted molar refractivity (Wildman–Crippen MR) is 372 cm³/mol. The highest BCUT2D eigenvalue weighted by Gasteiger charge is 2.02. The molecule has 0 aromatic rings. The Morgan fingerprint density at radius 3 is 0.299 bits per heavy atom. The number of aliphatic hydroxyl groups is 30. The summed E-state index contributed by atoms with van der Waals surface area (Å²) in [6.07, 6.45) is 36.5. The molecule has 0 aromatic carbocycles. The molecule has 0 amide bonds. The highest BCUT2D eigenvalue weighted by atomic mass is 16.5. The van der Waals surface area contributed by atoms with Gasteiger partial charge in [0.1, 0.15) is 61.0 Å². The molecule has 0 heterocycles. The molecule has 97 heavy (non-hydrogen) atoms. The molecule has 30 N–H and O–H groups in total. The molecular weight excluding hydrogens is 1290 g/mol. The number of ether oxygens (including phenoxy) is 1. The lowest BCUT2D eigenvalue weighted by atomic mass is 10.0. The summed E-state index contributed by atoms with van der Waals surface area (Å²) in [5.74, 6) is 0. The molecule has 0 radical (unpaired) electrons. The van der Waals surface area contributed by atoms with E-state index in [1.807, 2.05) is 0 Å². The van der Waals surface area contributed by atoms with Crippen LogP contribution in [0.25, 0.3) is 0 Å². The van der Waals surface area contributed by atoms with Gasteiger partial charge < -0.3 is 158 Å². The molecule has 0 unspecified atom stereocenters. The summed E-state index contributed by atoms with van der Waals surface area (Å²) < 4.78 is 5.87. The van der Waals surface area contributed by atoms with Crippen LogP contribution in [0.15, 0.2) is 0 Å². The average molecular weight is 1440 g/mol. The number of unbranched alkanes of at least 4 members (excludes halogenated alkanes) is 30. The zero-order valence-corrected chi connectivity index (χ0v) is 59.8. The van der Waals surface area contributed by atoms with Gasteiger partial charge in [-0.3, -0.25) is 0 Å². The molecule has 31 nitrogen and oxygen atoms in total. The third kappa shape index (κ3) is 154. The second-order valence-electron chi connectivity index (χ2n) is 22.4. The van der Waals surface area contributed by atoms with E-state index in [1.165, 1.54) is 205 Å². The van der Waals surface area contributed by atoms with Crippen LogP contribution in [0.5, 0.6) is 0 Å². The molecule has 0 saturated carbocycles. The van der Waals surface area contributed by atoms with Gasteiger partial charge in [0.05, 0.1) is 132 Å². The maximum absolute atomic E-state index is 8.17. The van der Waals surface area contributed by atoms with Crippen molar-refractivity contribution in [1.82, 2.24) is 0 Å². The van der Waals surface area contributed by atoms with Crippen molar-refractivity contribution < 1.29 is 158 Å². The molecule has 0 fully saturated rings. The molecule has 0 bridgehead atoms. The van der Waals surface area contributed by atoms with Crippen LogP contribution in [0.2, 0.25) is 0 Å². The van der Waals surface area contributed by atoms with Crippen LogP contribution in [-0.2, 0) is 4.74 Å². The second kappa shape index (κ2) is 119. The Balaban J connectivity index is -0.000000110. The summed E-state index contributed by atoms with van der Waals surface area (Å²) in [6, 6.07) is 0. The van der Waals surface area contributed by atoms with E-state index in [4.69, 9.17) is 158 Å². The first kappa shape index (κ1) is 120. The molecule has 31 heteroatoms. The van der Waals surface area contributed by atoms with Crippen molar-refractivity contribution in [1.29, 1.82) is 0 Å². The van der Waals surface area contributed by atoms with Crippen molar-refractivity contribution in [3.05, 3.63) is 0 Å². The highest BCUT2D eigenvalue weighted by Crippen LogP contribution is 2.15. The molecular formula is C66H154O31. The van der Waals surface area contributed by atoms with E-state index < -0.39 is 61.0 Å². The Hall–Kier alpha value is -1.24. The number of aliphatic hydroxyl groups excluding tert-OH is 30. The van der Waals surface area contributed by atoms with Crippen molar-refractivity contribution in [2.45, 2.75) is 280 Å². The van der Waals surface area contributed by atoms with Crippen molar-refractivity contribution in [3.63, 3.8) is 0 Å². The lowest BCUT2D eigenvalue weighted by molar-refractivity contribution is 0.0450. The Kier molecular flexibility index (Phi) is 147. The van der Waals surface area contributed by atoms with Crippen molar-refractivity contribution in [2.24, 2.45) is 0 Å². The molecule has 604 valence electrons. The van der Waals surface area contributed by atoms with Crippen LogP contribution in [0, 0.1) is 0 Å². The van der Waals surface area contributed by atoms with Gasteiger partial charge in [0.15, 0.2) is 0 Å². The summed E-state index contributed by atoms with van der Waals surface area (Å²) in [4.78, 5) is 0. The van der Waals surface area contributed by atoms with E-state index in [0.29, 0.717) is 0 Å². The Morgan fingerprint density at radius 1 is 0.144 bits per heavy atom. The number of rotatable bonds is 54. The Labute approximate surface area is 581 Å². The second-order valence-corrected chi connectivity index (χ2v) is 22.4. The van der Waals surface area contributed by atoms with Gasteiger partial charge in [-0.25, -0.2) is 0 Å². The maximum atomic E-state index is 8.17. The van der Waals surface area contributed by atoms with Gasteiger partial charge in [-0.2, -0.15) is 0 Å². The van der Waals surface area contributed by atoms with Gasteiger partial charge in [0.2, 0.25) is 0 Å². The van der Waals surface area contributed by atoms with E-state index >= 15 is 0 Å². The van der Waals surface area contributed by atoms with Gasteiger partial charge in [0, 0.05) is 13.2 Å². The van der Waals surface area contributed by atoms with Crippen LogP contribution in [0.4, 0.5) is 0 Å². The first-order valence-corrected chi connectivity index (χ1v) is 35.1. The quantitative estimate of drug-likeness (QED) is 0.0267. The summed E-state index contributed by atoms with van der Waals surface area (Å²) in [6.45, 7) is -0.691. The minimum absolute atomic E-state index is 0.365. The molecule has 0 aliphatic carbocycles. The lowest BCUT2D eigenvalue weighted by Crippen LogP contribution is -2.15. The van der Waals surface area contributed by atoms with Gasteiger partial charge in [-0.1, -0.05) is 206 Å². The monoisotopic (exact) mass is 1440 g/mol. The van der Waals surface area contributed by atoms with Gasteiger partial charge in [-0.15, -0.1) is 0 Å². The SMILES string of the molecule is CCCCCCCCCCCCCCCCCCOCCCCCCCCCCCCCCCCCC.OCC(O)CO.OCC(O)CO.OCC(O)CO.OCC(O)CO.OCC(O)CO.OCC(O)CO.OCC(O)CO.OCC(O)CO.OCC(O)CO.OCC(O)CO. The van der Waals surface area contributed by atoms with Crippen LogP contribution in [0.1, 0.15) is 219 Å². The van der Waals surface area contributed by atoms with Crippen molar-refractivity contribution in [2.75, 3.05) is 145 Å². The van der Waals surface area contributed by atoms with E-state index in [0.717, 1.165) is 13.2 Å². The minimum Gasteiger partial charge on any atom is -0.394 e. The first-order chi connectivity index (χ1) is 46.5. The van der Waals surface area contributed by atoms with Crippen molar-refractivity contribution in [3.8, 4) is 0 Å². The van der Waals surface area contributed by atoms with E-state index in [-0.39, 0.29) is 132 Å². The minimum atomic E-state index is -0.954. The fourth-order valence-corrected chi connectivity index (χ4v) is 6.18. The highest BCUT2D eigenvalue weighted by molar-refractivity contribution is 4.54. The summed E-state index contributed by atoms with van der Waals surface area (Å²) in [5, 5.41) is 240. The molecule has 0 atom stereocenters. The molecule has 0 spiro atoms. The standard InChI is InChI=1S/C36H74O.10C3H8O3/c1-3-5-7-9-11-13-15-17-19-21-23-25-27-29-31-33-35-37-36-34-32-30-28-26-24-22-20-18-16-14-12-10-8-6-4-2;10*4-1-3(6)2-5/h3-36H2,1-2H3;10*3-6H,1-2H2. The van der Waals surface area contributed by atoms with Crippen LogP contribution >= 0.6 is 0 Å². The van der Waals surface area contributed by atoms with E-state index in [1.54, 1.807) is 0 Å². The average Bonchev–Trinajstić information content (AvgIpc) is 3.65.